The molecule has 5 nitrogen and oxygen atoms in total. The minimum absolute atomic E-state index is 0.259. The minimum atomic E-state index is -0.387. The molecule has 2 N–H and O–H groups in total. The Bertz CT molecular complexity index is 1340. The number of carbonyl (C=O) groups excluding carboxylic acids is 1. The van der Waals surface area contributed by atoms with Crippen LogP contribution < -0.4 is 10.6 Å². The van der Waals surface area contributed by atoms with E-state index in [1.165, 1.54) is 12.1 Å². The molecule has 1 amide bonds. The van der Waals surface area contributed by atoms with E-state index in [1.54, 1.807) is 12.1 Å². The lowest BCUT2D eigenvalue weighted by Crippen LogP contribution is -2.30. The molecule has 0 unspecified atom stereocenters. The number of benzene rings is 3. The van der Waals surface area contributed by atoms with E-state index in [9.17, 15) is 9.18 Å². The molecule has 154 valence electrons. The van der Waals surface area contributed by atoms with Gasteiger partial charge in [-0.2, -0.15) is 0 Å². The molecule has 2 heterocycles. The fourth-order valence-corrected chi connectivity index (χ4v) is 4.40. The van der Waals surface area contributed by atoms with E-state index in [2.05, 4.69) is 26.6 Å². The van der Waals surface area contributed by atoms with Gasteiger partial charge < -0.3 is 10.6 Å². The van der Waals surface area contributed by atoms with Crippen LogP contribution in [0.3, 0.4) is 0 Å². The summed E-state index contributed by atoms with van der Waals surface area (Å²) in [6, 6.07) is 21.1. The second-order valence-electron chi connectivity index (χ2n) is 7.38. The fraction of sp³-hybridized carbons (Fsp3) is 0.0833. The van der Waals surface area contributed by atoms with Gasteiger partial charge in [0, 0.05) is 15.9 Å². The Morgan fingerprint density at radius 2 is 1.87 bits per heavy atom. The van der Waals surface area contributed by atoms with Crippen LogP contribution in [-0.4, -0.2) is 15.5 Å². The van der Waals surface area contributed by atoms with E-state index in [0.717, 1.165) is 21.1 Å². The van der Waals surface area contributed by atoms with Gasteiger partial charge in [-0.15, -0.1) is 0 Å². The number of hydrogen-bond acceptors (Lipinski definition) is 3. The van der Waals surface area contributed by atoms with E-state index in [0.29, 0.717) is 22.9 Å². The van der Waals surface area contributed by atoms with Crippen LogP contribution in [0.5, 0.6) is 0 Å². The van der Waals surface area contributed by atoms with Gasteiger partial charge in [0.25, 0.3) is 5.91 Å². The minimum Gasteiger partial charge on any atom is -0.329 e. The first-order chi connectivity index (χ1) is 15.0. The predicted molar refractivity (Wildman–Crippen MR) is 123 cm³/mol. The Balaban J connectivity index is 1.66. The highest BCUT2D eigenvalue weighted by molar-refractivity contribution is 9.10. The number of rotatable bonds is 3. The molecular formula is C24H18BrFN4O. The fourth-order valence-electron chi connectivity index (χ4n) is 3.98. The lowest BCUT2D eigenvalue weighted by molar-refractivity contribution is -0.113. The molecule has 0 fully saturated rings. The maximum Gasteiger partial charge on any atom is 0.255 e. The van der Waals surface area contributed by atoms with Crippen LogP contribution in [0.2, 0.25) is 0 Å². The Kier molecular flexibility index (Phi) is 4.82. The van der Waals surface area contributed by atoms with Crippen LogP contribution in [0.1, 0.15) is 18.5 Å². The number of anilines is 2. The van der Waals surface area contributed by atoms with Crippen molar-refractivity contribution < 1.29 is 9.18 Å². The Morgan fingerprint density at radius 1 is 1.10 bits per heavy atom. The molecule has 1 aliphatic rings. The first-order valence-electron chi connectivity index (χ1n) is 9.78. The Morgan fingerprint density at radius 3 is 2.65 bits per heavy atom. The number of amides is 1. The molecule has 31 heavy (non-hydrogen) atoms. The molecule has 0 saturated carbocycles. The van der Waals surface area contributed by atoms with Crippen LogP contribution in [0.25, 0.3) is 11.0 Å². The third-order valence-corrected chi connectivity index (χ3v) is 5.84. The number of hydrogen-bond donors (Lipinski definition) is 2. The number of aromatic nitrogens is 2. The van der Waals surface area contributed by atoms with Crippen molar-refractivity contribution in [3.8, 4) is 0 Å². The zero-order valence-corrected chi connectivity index (χ0v) is 18.2. The quantitative estimate of drug-likeness (QED) is 0.388. The van der Waals surface area contributed by atoms with E-state index < -0.39 is 0 Å². The van der Waals surface area contributed by atoms with Gasteiger partial charge in [-0.1, -0.05) is 40.2 Å². The predicted octanol–water partition coefficient (Wildman–Crippen LogP) is 5.87. The lowest BCUT2D eigenvalue weighted by Gasteiger charge is -2.30. The molecule has 5 rings (SSSR count). The summed E-state index contributed by atoms with van der Waals surface area (Å²) in [5, 5.41) is 6.19. The third-order valence-electron chi connectivity index (χ3n) is 5.34. The monoisotopic (exact) mass is 476 g/mol. The summed E-state index contributed by atoms with van der Waals surface area (Å²) < 4.78 is 16.3. The van der Waals surface area contributed by atoms with Crippen molar-refractivity contribution in [2.75, 3.05) is 10.6 Å². The highest BCUT2D eigenvalue weighted by Crippen LogP contribution is 2.40. The number of nitrogens with one attached hydrogen (secondary N) is 2. The van der Waals surface area contributed by atoms with Gasteiger partial charge in [0.1, 0.15) is 5.82 Å². The molecule has 7 heteroatoms. The van der Waals surface area contributed by atoms with Crippen LogP contribution in [0.4, 0.5) is 16.0 Å². The molecule has 0 spiro atoms. The number of allylic oxidation sites excluding steroid dienone is 1. The van der Waals surface area contributed by atoms with E-state index in [1.807, 2.05) is 60.0 Å². The van der Waals surface area contributed by atoms with Crippen LogP contribution in [-0.2, 0) is 4.79 Å². The topological polar surface area (TPSA) is 59.0 Å². The Labute approximate surface area is 186 Å². The summed E-state index contributed by atoms with van der Waals surface area (Å²) >= 11 is 3.55. The summed E-state index contributed by atoms with van der Waals surface area (Å²) in [7, 11) is 0. The molecule has 3 aromatic carbocycles. The van der Waals surface area contributed by atoms with Gasteiger partial charge in [0.2, 0.25) is 5.95 Å². The number of imidazole rings is 1. The highest BCUT2D eigenvalue weighted by atomic mass is 79.9. The molecule has 4 aromatic rings. The maximum absolute atomic E-state index is 13.5. The van der Waals surface area contributed by atoms with Crippen molar-refractivity contribution in [3.05, 3.63) is 99.9 Å². The first-order valence-corrected chi connectivity index (χ1v) is 10.6. The van der Waals surface area contributed by atoms with E-state index >= 15 is 0 Å². The molecule has 1 atom stereocenters. The van der Waals surface area contributed by atoms with Crippen molar-refractivity contribution in [1.82, 2.24) is 9.55 Å². The van der Waals surface area contributed by atoms with Crippen molar-refractivity contribution in [3.63, 3.8) is 0 Å². The molecular weight excluding hydrogens is 459 g/mol. The summed E-state index contributed by atoms with van der Waals surface area (Å²) in [5.41, 5.74) is 4.53. The van der Waals surface area contributed by atoms with Crippen molar-refractivity contribution >= 4 is 44.5 Å². The second-order valence-corrected chi connectivity index (χ2v) is 8.29. The summed E-state index contributed by atoms with van der Waals surface area (Å²) in [5.74, 6) is 0.0706. The summed E-state index contributed by atoms with van der Waals surface area (Å²) in [6.07, 6.45) is 0. The number of carbonyl (C=O) groups is 1. The largest absolute Gasteiger partial charge is 0.329 e. The third kappa shape index (κ3) is 3.51. The van der Waals surface area contributed by atoms with Crippen molar-refractivity contribution in [1.29, 1.82) is 0 Å². The zero-order chi connectivity index (χ0) is 21.5. The Hall–Kier alpha value is -3.45. The first kappa shape index (κ1) is 19.5. The normalized spacial score (nSPS) is 15.5. The van der Waals surface area contributed by atoms with Crippen molar-refractivity contribution in [2.45, 2.75) is 13.0 Å². The number of fused-ring (bicyclic) bond motifs is 3. The zero-order valence-electron chi connectivity index (χ0n) is 16.6. The van der Waals surface area contributed by atoms with E-state index in [-0.39, 0.29) is 17.8 Å². The van der Waals surface area contributed by atoms with E-state index in [4.69, 9.17) is 4.98 Å². The second kappa shape index (κ2) is 7.67. The highest BCUT2D eigenvalue weighted by Gasteiger charge is 2.34. The molecule has 0 aliphatic carbocycles. The molecule has 1 aromatic heterocycles. The smallest absolute Gasteiger partial charge is 0.255 e. The van der Waals surface area contributed by atoms with Crippen LogP contribution >= 0.6 is 15.9 Å². The van der Waals surface area contributed by atoms with Gasteiger partial charge in [0.15, 0.2) is 0 Å². The van der Waals surface area contributed by atoms with Crippen LogP contribution in [0, 0.1) is 5.82 Å². The molecule has 0 radical (unpaired) electrons. The average molecular weight is 477 g/mol. The molecule has 1 aliphatic heterocycles. The number of halogens is 2. The standard InChI is InChI=1S/C24H18BrFN4O/c1-14-21(23(31)28-18-11-9-17(26)10-12-18)22(15-5-4-6-16(25)13-15)30-20-8-3-2-7-19(20)29-24(30)27-14/h2-13,22H,1H3,(H,27,29)(H,28,31)/t22-/m0/s1. The molecule has 0 bridgehead atoms. The van der Waals surface area contributed by atoms with Crippen LogP contribution in [0.15, 0.2) is 88.5 Å². The van der Waals surface area contributed by atoms with Crippen molar-refractivity contribution in [2.24, 2.45) is 0 Å². The SMILES string of the molecule is CC1=C(C(=O)Nc2ccc(F)cc2)[C@H](c2cccc(Br)c2)n2c(nc3ccccc32)N1. The number of para-hydroxylation sites is 2. The number of nitrogens with zero attached hydrogens (tertiary/aromatic N) is 2. The maximum atomic E-state index is 13.5. The van der Waals surface area contributed by atoms with Gasteiger partial charge in [-0.3, -0.25) is 9.36 Å². The summed E-state index contributed by atoms with van der Waals surface area (Å²) in [4.78, 5) is 18.2. The molecule has 0 saturated heterocycles. The van der Waals surface area contributed by atoms with Gasteiger partial charge >= 0.3 is 0 Å². The summed E-state index contributed by atoms with van der Waals surface area (Å²) in [6.45, 7) is 1.87. The van der Waals surface area contributed by atoms with Gasteiger partial charge in [0.05, 0.1) is 22.6 Å². The lowest BCUT2D eigenvalue weighted by atomic mass is 9.94. The van der Waals surface area contributed by atoms with Gasteiger partial charge in [-0.05, 0) is 61.0 Å². The average Bonchev–Trinajstić information content (AvgIpc) is 3.12. The van der Waals surface area contributed by atoms with Gasteiger partial charge in [-0.25, -0.2) is 9.37 Å².